The first-order valence-corrected chi connectivity index (χ1v) is 8.16. The number of hydrogen-bond acceptors (Lipinski definition) is 4. The zero-order valence-corrected chi connectivity index (χ0v) is 14.0. The zero-order chi connectivity index (χ0) is 15.2. The number of thiophene rings is 1. The molecule has 0 radical (unpaired) electrons. The summed E-state index contributed by atoms with van der Waals surface area (Å²) in [5.41, 5.74) is 0.908. The molecule has 0 saturated heterocycles. The summed E-state index contributed by atoms with van der Waals surface area (Å²) in [5.74, 6) is -0.363. The molecule has 2 rings (SSSR count). The molecule has 0 aliphatic heterocycles. The first kappa shape index (κ1) is 15.9. The first-order chi connectivity index (χ1) is 10.1. The van der Waals surface area contributed by atoms with Gasteiger partial charge in [0, 0.05) is 21.3 Å². The molecule has 5 heteroatoms. The van der Waals surface area contributed by atoms with E-state index in [1.165, 1.54) is 11.3 Å². The van der Waals surface area contributed by atoms with Crippen molar-refractivity contribution in [1.29, 1.82) is 0 Å². The molecule has 0 unspecified atom stereocenters. The number of Topliss-reactive ketones (excluding diaryl/α,β-unsaturated/α-hetero) is 1. The van der Waals surface area contributed by atoms with E-state index in [9.17, 15) is 9.59 Å². The highest BCUT2D eigenvalue weighted by atomic mass is 79.9. The SMILES string of the molecule is Cc1ccc(C(=O)CCC(=O)OCc2ccccc2Br)s1. The van der Waals surface area contributed by atoms with Crippen LogP contribution >= 0.6 is 27.3 Å². The molecule has 0 spiro atoms. The average Bonchev–Trinajstić information content (AvgIpc) is 2.90. The second-order valence-electron chi connectivity index (χ2n) is 4.59. The van der Waals surface area contributed by atoms with E-state index in [4.69, 9.17) is 4.74 Å². The number of ketones is 1. The Morgan fingerprint density at radius 2 is 1.90 bits per heavy atom. The fourth-order valence-corrected chi connectivity index (χ4v) is 3.00. The van der Waals surface area contributed by atoms with Gasteiger partial charge in [-0.1, -0.05) is 34.1 Å². The molecular formula is C16H15BrO3S. The van der Waals surface area contributed by atoms with E-state index in [0.29, 0.717) is 4.88 Å². The summed E-state index contributed by atoms with van der Waals surface area (Å²) in [5, 5.41) is 0. The van der Waals surface area contributed by atoms with E-state index in [1.54, 1.807) is 6.07 Å². The minimum absolute atomic E-state index is 0.00839. The number of benzene rings is 1. The van der Waals surface area contributed by atoms with Crippen molar-refractivity contribution in [3.8, 4) is 0 Å². The van der Waals surface area contributed by atoms with E-state index in [2.05, 4.69) is 15.9 Å². The third-order valence-corrected chi connectivity index (χ3v) is 4.73. The Labute approximate surface area is 136 Å². The largest absolute Gasteiger partial charge is 0.461 e. The van der Waals surface area contributed by atoms with Crippen LogP contribution in [0, 0.1) is 6.92 Å². The molecule has 0 saturated carbocycles. The molecule has 21 heavy (non-hydrogen) atoms. The van der Waals surface area contributed by atoms with Crippen molar-refractivity contribution < 1.29 is 14.3 Å². The normalized spacial score (nSPS) is 10.4. The molecule has 110 valence electrons. The number of halogens is 1. The third-order valence-electron chi connectivity index (χ3n) is 2.92. The zero-order valence-electron chi connectivity index (χ0n) is 11.6. The summed E-state index contributed by atoms with van der Waals surface area (Å²) in [6.07, 6.45) is 0.301. The van der Waals surface area contributed by atoms with Gasteiger partial charge in [-0.3, -0.25) is 9.59 Å². The quantitative estimate of drug-likeness (QED) is 0.557. The molecule has 1 aromatic carbocycles. The molecule has 0 amide bonds. The highest BCUT2D eigenvalue weighted by Gasteiger charge is 2.12. The second-order valence-corrected chi connectivity index (χ2v) is 6.73. The Bertz CT molecular complexity index is 648. The number of carbonyl (C=O) groups is 2. The number of ether oxygens (including phenoxy) is 1. The summed E-state index contributed by atoms with van der Waals surface area (Å²) < 4.78 is 6.09. The van der Waals surface area contributed by atoms with Gasteiger partial charge in [0.1, 0.15) is 6.61 Å². The number of carbonyl (C=O) groups excluding carboxylic acids is 2. The Hall–Kier alpha value is -1.46. The molecule has 1 heterocycles. The van der Waals surface area contributed by atoms with Crippen LogP contribution in [0.3, 0.4) is 0 Å². The minimum Gasteiger partial charge on any atom is -0.461 e. The van der Waals surface area contributed by atoms with Crippen LogP contribution in [0.5, 0.6) is 0 Å². The van der Waals surface area contributed by atoms with Crippen LogP contribution in [0.2, 0.25) is 0 Å². The minimum atomic E-state index is -0.354. The number of aryl methyl sites for hydroxylation is 1. The molecule has 0 aliphatic carbocycles. The lowest BCUT2D eigenvalue weighted by Crippen LogP contribution is -2.07. The van der Waals surface area contributed by atoms with Crippen molar-refractivity contribution in [2.75, 3.05) is 0 Å². The highest BCUT2D eigenvalue weighted by Crippen LogP contribution is 2.19. The Morgan fingerprint density at radius 3 is 2.57 bits per heavy atom. The van der Waals surface area contributed by atoms with Crippen molar-refractivity contribution in [2.45, 2.75) is 26.4 Å². The van der Waals surface area contributed by atoms with Crippen LogP contribution in [-0.2, 0) is 16.1 Å². The summed E-state index contributed by atoms with van der Waals surface area (Å²) in [6.45, 7) is 2.17. The highest BCUT2D eigenvalue weighted by molar-refractivity contribution is 9.10. The molecule has 2 aromatic rings. The molecular weight excluding hydrogens is 352 g/mol. The fourth-order valence-electron chi connectivity index (χ4n) is 1.77. The third kappa shape index (κ3) is 4.79. The topological polar surface area (TPSA) is 43.4 Å². The summed E-state index contributed by atoms with van der Waals surface area (Å²) in [6, 6.07) is 11.3. The first-order valence-electron chi connectivity index (χ1n) is 6.55. The lowest BCUT2D eigenvalue weighted by atomic mass is 10.2. The summed E-state index contributed by atoms with van der Waals surface area (Å²) >= 11 is 4.85. The van der Waals surface area contributed by atoms with Gasteiger partial charge < -0.3 is 4.74 Å². The molecule has 3 nitrogen and oxygen atoms in total. The van der Waals surface area contributed by atoms with E-state index in [-0.39, 0.29) is 31.2 Å². The predicted octanol–water partition coefficient (Wildman–Crippen LogP) is 4.53. The standard InChI is InChI=1S/C16H15BrO3S/c1-11-6-8-15(21-11)14(18)7-9-16(19)20-10-12-4-2-3-5-13(12)17/h2-6,8H,7,9-10H2,1H3. The molecule has 0 N–H and O–H groups in total. The van der Waals surface area contributed by atoms with Crippen molar-refractivity contribution in [3.05, 3.63) is 56.2 Å². The van der Waals surface area contributed by atoms with Gasteiger partial charge in [0.15, 0.2) is 5.78 Å². The Morgan fingerprint density at radius 1 is 1.14 bits per heavy atom. The van der Waals surface area contributed by atoms with E-state index in [0.717, 1.165) is 14.9 Å². The maximum atomic E-state index is 11.9. The summed E-state index contributed by atoms with van der Waals surface area (Å²) in [4.78, 5) is 25.4. The number of esters is 1. The fraction of sp³-hybridized carbons (Fsp3) is 0.250. The van der Waals surface area contributed by atoms with Gasteiger partial charge >= 0.3 is 5.97 Å². The molecule has 0 aliphatic rings. The van der Waals surface area contributed by atoms with Crippen molar-refractivity contribution in [2.24, 2.45) is 0 Å². The van der Waals surface area contributed by atoms with Crippen molar-refractivity contribution in [3.63, 3.8) is 0 Å². The lowest BCUT2D eigenvalue weighted by molar-refractivity contribution is -0.144. The van der Waals surface area contributed by atoms with E-state index < -0.39 is 0 Å². The van der Waals surface area contributed by atoms with Gasteiger partial charge in [-0.2, -0.15) is 0 Å². The predicted molar refractivity (Wildman–Crippen MR) is 86.6 cm³/mol. The van der Waals surface area contributed by atoms with E-state index in [1.807, 2.05) is 37.3 Å². The van der Waals surface area contributed by atoms with Gasteiger partial charge in [-0.15, -0.1) is 11.3 Å². The van der Waals surface area contributed by atoms with Crippen molar-refractivity contribution >= 4 is 39.0 Å². The monoisotopic (exact) mass is 366 g/mol. The van der Waals surface area contributed by atoms with Crippen LogP contribution in [-0.4, -0.2) is 11.8 Å². The molecule has 1 aromatic heterocycles. The van der Waals surface area contributed by atoms with E-state index >= 15 is 0 Å². The molecule has 0 atom stereocenters. The Balaban J connectivity index is 1.78. The summed E-state index contributed by atoms with van der Waals surface area (Å²) in [7, 11) is 0. The van der Waals surface area contributed by atoms with Crippen LogP contribution < -0.4 is 0 Å². The van der Waals surface area contributed by atoms with Gasteiger partial charge in [0.05, 0.1) is 11.3 Å². The van der Waals surface area contributed by atoms with Crippen LogP contribution in [0.4, 0.5) is 0 Å². The van der Waals surface area contributed by atoms with Crippen LogP contribution in [0.25, 0.3) is 0 Å². The maximum absolute atomic E-state index is 11.9. The van der Waals surface area contributed by atoms with Gasteiger partial charge in [-0.05, 0) is 25.1 Å². The smallest absolute Gasteiger partial charge is 0.306 e. The van der Waals surface area contributed by atoms with Crippen LogP contribution in [0.1, 0.15) is 33.0 Å². The number of hydrogen-bond donors (Lipinski definition) is 0. The second kappa shape index (κ2) is 7.52. The molecule has 0 bridgehead atoms. The maximum Gasteiger partial charge on any atom is 0.306 e. The van der Waals surface area contributed by atoms with Gasteiger partial charge in [0.25, 0.3) is 0 Å². The van der Waals surface area contributed by atoms with Crippen molar-refractivity contribution in [1.82, 2.24) is 0 Å². The number of rotatable bonds is 6. The average molecular weight is 367 g/mol. The van der Waals surface area contributed by atoms with Gasteiger partial charge in [-0.25, -0.2) is 0 Å². The Kier molecular flexibility index (Phi) is 5.70. The lowest BCUT2D eigenvalue weighted by Gasteiger charge is -2.06. The van der Waals surface area contributed by atoms with Crippen LogP contribution in [0.15, 0.2) is 40.9 Å². The molecule has 0 fully saturated rings. The van der Waals surface area contributed by atoms with Gasteiger partial charge in [0.2, 0.25) is 0 Å².